The summed E-state index contributed by atoms with van der Waals surface area (Å²) in [6.07, 6.45) is 5.97. The molecule has 4 aliphatic carbocycles. The fraction of sp³-hybridized carbons (Fsp3) is 0.923. The van der Waals surface area contributed by atoms with Crippen LogP contribution in [0.15, 0.2) is 0 Å². The van der Waals surface area contributed by atoms with Crippen molar-refractivity contribution in [3.05, 3.63) is 0 Å². The highest BCUT2D eigenvalue weighted by Gasteiger charge is 2.62. The molecule has 0 spiro atoms. The summed E-state index contributed by atoms with van der Waals surface area (Å²) in [5.41, 5.74) is -0.548. The average Bonchev–Trinajstić information content (AvgIpc) is 2.14. The van der Waals surface area contributed by atoms with Crippen LogP contribution in [0.2, 0.25) is 0 Å². The molecule has 0 aromatic carbocycles. The minimum Gasteiger partial charge on any atom is -0.480 e. The molecule has 0 radical (unpaired) electrons. The lowest BCUT2D eigenvalue weighted by molar-refractivity contribution is -0.179. The van der Waals surface area contributed by atoms with E-state index in [2.05, 4.69) is 0 Å². The molecule has 90 valence electrons. The summed E-state index contributed by atoms with van der Waals surface area (Å²) in [7, 11) is 3.91. The Morgan fingerprint density at radius 3 is 1.81 bits per heavy atom. The second-order valence-electron chi connectivity index (χ2n) is 6.33. The number of likely N-dealkylation sites (N-methyl/N-ethyl adjacent to an activating group) is 1. The van der Waals surface area contributed by atoms with Crippen LogP contribution in [0.25, 0.3) is 0 Å². The summed E-state index contributed by atoms with van der Waals surface area (Å²) in [4.78, 5) is 13.8. The first-order chi connectivity index (χ1) is 7.55. The molecule has 1 N–H and O–H groups in total. The van der Waals surface area contributed by atoms with E-state index in [-0.39, 0.29) is 0 Å². The number of hydrogen-bond donors (Lipinski definition) is 1. The monoisotopic (exact) mass is 223 g/mol. The average molecular weight is 223 g/mol. The lowest BCUT2D eigenvalue weighted by atomic mass is 9.48. The third kappa shape index (κ3) is 1.10. The highest BCUT2D eigenvalue weighted by Crippen LogP contribution is 2.59. The van der Waals surface area contributed by atoms with Gasteiger partial charge in [0.25, 0.3) is 0 Å². The first kappa shape index (κ1) is 10.6. The fourth-order valence-corrected chi connectivity index (χ4v) is 5.17. The van der Waals surface area contributed by atoms with E-state index >= 15 is 0 Å². The second-order valence-corrected chi connectivity index (χ2v) is 6.33. The molecule has 4 fully saturated rings. The molecule has 4 bridgehead atoms. The summed E-state index contributed by atoms with van der Waals surface area (Å²) in [6.45, 7) is 0. The zero-order valence-corrected chi connectivity index (χ0v) is 10.1. The normalized spacial score (nSPS) is 49.9. The first-order valence-electron chi connectivity index (χ1n) is 6.46. The van der Waals surface area contributed by atoms with E-state index in [0.29, 0.717) is 11.8 Å². The SMILES string of the molecule is CN(C)C1(C(=O)O)C2CC3CC(C2)CC1C3. The standard InChI is InChI=1S/C13H21NO2/c1-14(2)13(12(15)16)10-4-8-3-9(6-10)7-11(13)5-8/h8-11H,3-7H2,1-2H3,(H,15,16). The van der Waals surface area contributed by atoms with Crippen LogP contribution in [-0.4, -0.2) is 35.6 Å². The zero-order chi connectivity index (χ0) is 11.5. The van der Waals surface area contributed by atoms with Gasteiger partial charge in [-0.1, -0.05) is 0 Å². The van der Waals surface area contributed by atoms with E-state index in [9.17, 15) is 9.90 Å². The maximum atomic E-state index is 11.8. The number of nitrogens with zero attached hydrogens (tertiary/aromatic N) is 1. The minimum atomic E-state index is -0.577. The maximum Gasteiger partial charge on any atom is 0.324 e. The third-order valence-corrected chi connectivity index (χ3v) is 5.47. The molecule has 16 heavy (non-hydrogen) atoms. The Morgan fingerprint density at radius 2 is 1.50 bits per heavy atom. The lowest BCUT2D eigenvalue weighted by Crippen LogP contribution is -2.68. The molecule has 0 aliphatic heterocycles. The van der Waals surface area contributed by atoms with Gasteiger partial charge in [0.2, 0.25) is 0 Å². The van der Waals surface area contributed by atoms with Crippen molar-refractivity contribution in [1.82, 2.24) is 4.90 Å². The van der Waals surface area contributed by atoms with Gasteiger partial charge in [-0.05, 0) is 69.9 Å². The third-order valence-electron chi connectivity index (χ3n) is 5.47. The lowest BCUT2D eigenvalue weighted by Gasteiger charge is -2.61. The Kier molecular flexibility index (Phi) is 2.13. The van der Waals surface area contributed by atoms with Crippen molar-refractivity contribution < 1.29 is 9.90 Å². The van der Waals surface area contributed by atoms with Gasteiger partial charge in [-0.3, -0.25) is 9.69 Å². The van der Waals surface area contributed by atoms with Crippen LogP contribution in [0.3, 0.4) is 0 Å². The van der Waals surface area contributed by atoms with Gasteiger partial charge in [-0.2, -0.15) is 0 Å². The predicted molar refractivity (Wildman–Crippen MR) is 61.1 cm³/mol. The molecule has 0 heterocycles. The Hall–Kier alpha value is -0.570. The molecule has 4 rings (SSSR count). The molecule has 4 saturated carbocycles. The van der Waals surface area contributed by atoms with Gasteiger partial charge in [0.1, 0.15) is 5.54 Å². The van der Waals surface area contributed by atoms with Crippen LogP contribution >= 0.6 is 0 Å². The van der Waals surface area contributed by atoms with Gasteiger partial charge >= 0.3 is 5.97 Å². The van der Waals surface area contributed by atoms with Crippen molar-refractivity contribution >= 4 is 5.97 Å². The van der Waals surface area contributed by atoms with Crippen molar-refractivity contribution in [2.75, 3.05) is 14.1 Å². The molecule has 0 aromatic rings. The first-order valence-corrected chi connectivity index (χ1v) is 6.46. The van der Waals surface area contributed by atoms with E-state index in [1.54, 1.807) is 0 Å². The van der Waals surface area contributed by atoms with E-state index in [1.165, 1.54) is 6.42 Å². The molecule has 0 amide bonds. The molecule has 3 nitrogen and oxygen atoms in total. The predicted octanol–water partition coefficient (Wildman–Crippen LogP) is 1.83. The van der Waals surface area contributed by atoms with Crippen molar-refractivity contribution in [1.29, 1.82) is 0 Å². The number of hydrogen-bond acceptors (Lipinski definition) is 2. The largest absolute Gasteiger partial charge is 0.480 e. The van der Waals surface area contributed by atoms with Crippen molar-refractivity contribution in [2.45, 2.75) is 37.6 Å². The smallest absolute Gasteiger partial charge is 0.324 e. The summed E-state index contributed by atoms with van der Waals surface area (Å²) < 4.78 is 0. The number of carboxylic acids is 1. The van der Waals surface area contributed by atoms with Gasteiger partial charge in [-0.15, -0.1) is 0 Å². The van der Waals surface area contributed by atoms with E-state index in [4.69, 9.17) is 0 Å². The van der Waals surface area contributed by atoms with Crippen LogP contribution in [0.5, 0.6) is 0 Å². The number of carbonyl (C=O) groups is 1. The van der Waals surface area contributed by atoms with E-state index in [0.717, 1.165) is 37.5 Å². The zero-order valence-electron chi connectivity index (χ0n) is 10.1. The highest BCUT2D eigenvalue weighted by atomic mass is 16.4. The van der Waals surface area contributed by atoms with Crippen LogP contribution in [0, 0.1) is 23.7 Å². The summed E-state index contributed by atoms with van der Waals surface area (Å²) >= 11 is 0. The van der Waals surface area contributed by atoms with Crippen LogP contribution in [-0.2, 0) is 4.79 Å². The second kappa shape index (κ2) is 3.22. The Bertz CT molecular complexity index is 296. The maximum absolute atomic E-state index is 11.8. The van der Waals surface area contributed by atoms with Crippen molar-refractivity contribution in [3.63, 3.8) is 0 Å². The molecule has 0 saturated heterocycles. The van der Waals surface area contributed by atoms with Crippen LogP contribution in [0.1, 0.15) is 32.1 Å². The fourth-order valence-electron chi connectivity index (χ4n) is 5.17. The van der Waals surface area contributed by atoms with Crippen molar-refractivity contribution in [3.8, 4) is 0 Å². The number of rotatable bonds is 2. The van der Waals surface area contributed by atoms with Crippen molar-refractivity contribution in [2.24, 2.45) is 23.7 Å². The van der Waals surface area contributed by atoms with Gasteiger partial charge in [0, 0.05) is 0 Å². The molecule has 4 aliphatic rings. The molecule has 0 unspecified atom stereocenters. The number of carboxylic acid groups (broad SMARTS) is 1. The van der Waals surface area contributed by atoms with Gasteiger partial charge in [0.05, 0.1) is 0 Å². The summed E-state index contributed by atoms with van der Waals surface area (Å²) in [6, 6.07) is 0. The molecule has 0 atom stereocenters. The van der Waals surface area contributed by atoms with E-state index in [1.807, 2.05) is 19.0 Å². The molecular formula is C13H21NO2. The highest BCUT2D eigenvalue weighted by molar-refractivity contribution is 5.80. The van der Waals surface area contributed by atoms with Crippen LogP contribution in [0.4, 0.5) is 0 Å². The minimum absolute atomic E-state index is 0.399. The molecular weight excluding hydrogens is 202 g/mol. The Labute approximate surface area is 96.8 Å². The summed E-state index contributed by atoms with van der Waals surface area (Å²) in [5, 5.41) is 9.72. The number of aliphatic carboxylic acids is 1. The van der Waals surface area contributed by atoms with E-state index < -0.39 is 11.5 Å². The van der Waals surface area contributed by atoms with Gasteiger partial charge < -0.3 is 5.11 Å². The summed E-state index contributed by atoms with van der Waals surface area (Å²) in [5.74, 6) is 1.88. The van der Waals surface area contributed by atoms with Crippen LogP contribution < -0.4 is 0 Å². The molecule has 0 aromatic heterocycles. The quantitative estimate of drug-likeness (QED) is 0.776. The van der Waals surface area contributed by atoms with Gasteiger partial charge in [-0.25, -0.2) is 0 Å². The Balaban J connectivity index is 2.03. The molecule has 3 heteroatoms. The topological polar surface area (TPSA) is 40.5 Å². The Morgan fingerprint density at radius 1 is 1.06 bits per heavy atom. The van der Waals surface area contributed by atoms with Gasteiger partial charge in [0.15, 0.2) is 0 Å².